The van der Waals surface area contributed by atoms with Gasteiger partial charge in [0.15, 0.2) is 11.6 Å². The van der Waals surface area contributed by atoms with Crippen molar-refractivity contribution in [2.75, 3.05) is 18.4 Å². The fourth-order valence-electron chi connectivity index (χ4n) is 4.77. The molecule has 1 saturated heterocycles. The number of benzene rings is 1. The molecule has 0 spiro atoms. The Morgan fingerprint density at radius 3 is 2.83 bits per heavy atom. The zero-order valence-electron chi connectivity index (χ0n) is 16.5. The second-order valence-corrected chi connectivity index (χ2v) is 8.05. The molecule has 2 bridgehead atoms. The van der Waals surface area contributed by atoms with Gasteiger partial charge < -0.3 is 19.6 Å². The van der Waals surface area contributed by atoms with Crippen molar-refractivity contribution >= 4 is 23.2 Å². The van der Waals surface area contributed by atoms with E-state index in [1.165, 1.54) is 11.0 Å². The van der Waals surface area contributed by atoms with Crippen molar-refractivity contribution < 1.29 is 22.9 Å². The molecule has 3 heterocycles. The van der Waals surface area contributed by atoms with Gasteiger partial charge >= 0.3 is 6.03 Å². The maximum Gasteiger partial charge on any atom is 0.322 e. The van der Waals surface area contributed by atoms with Gasteiger partial charge in [-0.05, 0) is 43.9 Å². The molecule has 9 heteroatoms. The Morgan fingerprint density at radius 1 is 1.33 bits per heavy atom. The number of urea groups is 1. The minimum atomic E-state index is -1.01. The topological polar surface area (TPSA) is 78.7 Å². The average molecular weight is 414 g/mol. The van der Waals surface area contributed by atoms with Crippen molar-refractivity contribution in [1.29, 1.82) is 0 Å². The smallest absolute Gasteiger partial charge is 0.322 e. The predicted octanol–water partition coefficient (Wildman–Crippen LogP) is 3.23. The third-order valence-electron chi connectivity index (χ3n) is 6.15. The maximum atomic E-state index is 14.2. The Kier molecular flexibility index (Phi) is 4.16. The van der Waals surface area contributed by atoms with Crippen LogP contribution < -0.4 is 5.32 Å². The molecule has 2 aromatic rings. The molecular weight excluding hydrogens is 394 g/mol. The molecule has 1 aromatic heterocycles. The number of nitrogens with zero attached hydrogens (tertiary/aromatic N) is 3. The molecule has 0 unspecified atom stereocenters. The van der Waals surface area contributed by atoms with Crippen LogP contribution >= 0.6 is 0 Å². The van der Waals surface area contributed by atoms with Gasteiger partial charge in [0.05, 0.1) is 24.0 Å². The lowest BCUT2D eigenvalue weighted by molar-refractivity contribution is -0.132. The number of carbonyl (C=O) groups excluding carboxylic acids is 2. The minimum Gasteiger partial charge on any atom is -0.361 e. The first-order valence-corrected chi connectivity index (χ1v) is 9.80. The summed E-state index contributed by atoms with van der Waals surface area (Å²) in [4.78, 5) is 28.4. The van der Waals surface area contributed by atoms with Crippen molar-refractivity contribution in [3.63, 3.8) is 0 Å². The molecule has 30 heavy (non-hydrogen) atoms. The van der Waals surface area contributed by atoms with E-state index >= 15 is 0 Å². The van der Waals surface area contributed by atoms with Crippen LogP contribution in [-0.4, -0.2) is 46.0 Å². The first-order chi connectivity index (χ1) is 14.3. The molecule has 0 saturated carbocycles. The number of nitrogens with one attached hydrogen (secondary N) is 1. The number of rotatable bonds is 3. The van der Waals surface area contributed by atoms with Gasteiger partial charge in [-0.3, -0.25) is 4.79 Å². The Labute approximate surface area is 171 Å². The molecule has 2 atom stereocenters. The number of likely N-dealkylation sites (tertiary alicyclic amines) is 1. The highest BCUT2D eigenvalue weighted by Gasteiger charge is 2.44. The number of anilines is 1. The molecule has 5 rings (SSSR count). The van der Waals surface area contributed by atoms with Crippen LogP contribution in [0.5, 0.6) is 0 Å². The number of fused-ring (bicyclic) bond motifs is 3. The van der Waals surface area contributed by atoms with E-state index in [4.69, 9.17) is 4.52 Å². The van der Waals surface area contributed by atoms with E-state index in [0.717, 1.165) is 29.3 Å². The minimum absolute atomic E-state index is 0.0432. The third kappa shape index (κ3) is 2.79. The van der Waals surface area contributed by atoms with Crippen molar-refractivity contribution in [2.45, 2.75) is 32.9 Å². The Bertz CT molecular complexity index is 1090. The highest BCUT2D eigenvalue weighted by atomic mass is 19.2. The van der Waals surface area contributed by atoms with Gasteiger partial charge in [-0.1, -0.05) is 11.2 Å². The third-order valence-corrected chi connectivity index (χ3v) is 6.15. The Morgan fingerprint density at radius 2 is 2.13 bits per heavy atom. The highest BCUT2D eigenvalue weighted by molar-refractivity contribution is 5.95. The summed E-state index contributed by atoms with van der Waals surface area (Å²) in [6.45, 7) is 3.92. The van der Waals surface area contributed by atoms with E-state index in [1.54, 1.807) is 4.90 Å². The predicted molar refractivity (Wildman–Crippen MR) is 103 cm³/mol. The molecule has 7 nitrogen and oxygen atoms in total. The molecule has 1 fully saturated rings. The number of aryl methyl sites for hydroxylation is 2. The first kappa shape index (κ1) is 18.8. The fourth-order valence-corrected chi connectivity index (χ4v) is 4.77. The zero-order chi connectivity index (χ0) is 21.2. The monoisotopic (exact) mass is 414 g/mol. The van der Waals surface area contributed by atoms with Gasteiger partial charge in [-0.15, -0.1) is 0 Å². The Hall–Kier alpha value is -3.23. The van der Waals surface area contributed by atoms with Gasteiger partial charge in [0, 0.05) is 17.7 Å². The molecule has 156 valence electrons. The van der Waals surface area contributed by atoms with Crippen molar-refractivity contribution in [1.82, 2.24) is 15.0 Å². The van der Waals surface area contributed by atoms with Crippen LogP contribution in [-0.2, 0) is 11.3 Å². The van der Waals surface area contributed by atoms with Crippen molar-refractivity contribution in [3.8, 4) is 0 Å². The summed E-state index contributed by atoms with van der Waals surface area (Å²) < 4.78 is 33.0. The maximum absolute atomic E-state index is 14.2. The van der Waals surface area contributed by atoms with Gasteiger partial charge in [0.1, 0.15) is 12.3 Å². The van der Waals surface area contributed by atoms with Gasteiger partial charge in [0.2, 0.25) is 5.91 Å². The molecule has 1 aliphatic carbocycles. The van der Waals surface area contributed by atoms with Crippen LogP contribution in [0.4, 0.5) is 19.3 Å². The number of aromatic nitrogens is 1. The molecule has 2 aliphatic heterocycles. The zero-order valence-corrected chi connectivity index (χ0v) is 16.5. The first-order valence-electron chi connectivity index (χ1n) is 9.80. The number of carbonyl (C=O) groups is 2. The van der Waals surface area contributed by atoms with Gasteiger partial charge in [-0.25, -0.2) is 13.6 Å². The second-order valence-electron chi connectivity index (χ2n) is 8.05. The standard InChI is InChI=1S/C21H20F2N4O3/c1-10-19(11(2)30-25-10)13-5-12-6-17(13)27(7-12)18(28)9-26-8-14-16(24-21(26)29)4-3-15(22)20(14)23/h3-5,12,17H,6-9H2,1-2H3,(H,24,29)/t12-,17-/m1/s1. The van der Waals surface area contributed by atoms with E-state index in [2.05, 4.69) is 16.5 Å². The highest BCUT2D eigenvalue weighted by Crippen LogP contribution is 2.43. The average Bonchev–Trinajstić information content (AvgIpc) is 3.40. The number of hydrogen-bond acceptors (Lipinski definition) is 4. The fraction of sp³-hybridized carbons (Fsp3) is 0.381. The second kappa shape index (κ2) is 6.65. The molecule has 1 aromatic carbocycles. The summed E-state index contributed by atoms with van der Waals surface area (Å²) in [6.07, 6.45) is 2.99. The van der Waals surface area contributed by atoms with Gasteiger partial charge in [0.25, 0.3) is 0 Å². The van der Waals surface area contributed by atoms with Crippen molar-refractivity contribution in [2.24, 2.45) is 5.92 Å². The molecule has 3 amide bonds. The van der Waals surface area contributed by atoms with Crippen LogP contribution in [0.2, 0.25) is 0 Å². The Balaban J connectivity index is 1.35. The normalized spacial score (nSPS) is 22.3. The summed E-state index contributed by atoms with van der Waals surface area (Å²) in [7, 11) is 0. The molecule has 1 N–H and O–H groups in total. The summed E-state index contributed by atoms with van der Waals surface area (Å²) in [5.41, 5.74) is 3.01. The van der Waals surface area contributed by atoms with Crippen LogP contribution in [0.25, 0.3) is 5.57 Å². The van der Waals surface area contributed by atoms with Crippen LogP contribution in [0.1, 0.15) is 29.0 Å². The van der Waals surface area contributed by atoms with E-state index in [1.807, 2.05) is 13.8 Å². The summed E-state index contributed by atoms with van der Waals surface area (Å²) in [5, 5.41) is 6.54. The largest absolute Gasteiger partial charge is 0.361 e. The molecule has 3 aliphatic rings. The summed E-state index contributed by atoms with van der Waals surface area (Å²) in [6, 6.07) is 1.69. The quantitative estimate of drug-likeness (QED) is 0.837. The molecular formula is C21H20F2N4O3. The lowest BCUT2D eigenvalue weighted by atomic mass is 9.98. The SMILES string of the molecule is Cc1noc(C)c1C1=C[C@@H]2C[C@H]1N(C(=O)CN1Cc3c(ccc(F)c3F)NC1=O)C2. The lowest BCUT2D eigenvalue weighted by Crippen LogP contribution is -2.48. The van der Waals surface area contributed by atoms with E-state index in [-0.39, 0.29) is 42.2 Å². The number of amides is 3. The van der Waals surface area contributed by atoms with E-state index < -0.39 is 17.7 Å². The number of halogens is 2. The van der Waals surface area contributed by atoms with E-state index in [0.29, 0.717) is 12.3 Å². The van der Waals surface area contributed by atoms with Crippen LogP contribution in [0, 0.1) is 31.4 Å². The van der Waals surface area contributed by atoms with E-state index in [9.17, 15) is 18.4 Å². The summed E-state index contributed by atoms with van der Waals surface area (Å²) >= 11 is 0. The summed E-state index contributed by atoms with van der Waals surface area (Å²) in [5.74, 6) is -1.26. The van der Waals surface area contributed by atoms with Gasteiger partial charge in [-0.2, -0.15) is 0 Å². The lowest BCUT2D eigenvalue weighted by Gasteiger charge is -2.33. The molecule has 0 radical (unpaired) electrons. The van der Waals surface area contributed by atoms with Crippen LogP contribution in [0.3, 0.4) is 0 Å². The van der Waals surface area contributed by atoms with Crippen LogP contribution in [0.15, 0.2) is 22.7 Å². The number of hydrogen-bond donors (Lipinski definition) is 1. The van der Waals surface area contributed by atoms with Crippen molar-refractivity contribution in [3.05, 3.63) is 52.4 Å².